The molecule has 2 fully saturated rings. The van der Waals surface area contributed by atoms with E-state index in [0.717, 1.165) is 57.0 Å². The summed E-state index contributed by atoms with van der Waals surface area (Å²) in [4.78, 5) is 32.5. The predicted octanol–water partition coefficient (Wildman–Crippen LogP) is 5.35. The molecule has 2 heterocycles. The van der Waals surface area contributed by atoms with Gasteiger partial charge in [0.1, 0.15) is 35.9 Å². The van der Waals surface area contributed by atoms with Crippen LogP contribution in [0.4, 0.5) is 4.79 Å². The number of nitrogens with zero attached hydrogens (tertiary/aromatic N) is 2. The summed E-state index contributed by atoms with van der Waals surface area (Å²) in [6, 6.07) is 7.55. The highest BCUT2D eigenvalue weighted by Gasteiger charge is 2.30. The minimum Gasteiger partial charge on any atom is -0.489 e. The molecular weight excluding hydrogens is 498 g/mol. The van der Waals surface area contributed by atoms with Crippen LogP contribution in [0.25, 0.3) is 10.9 Å². The van der Waals surface area contributed by atoms with E-state index < -0.39 is 6.16 Å². The molecule has 1 atom stereocenters. The van der Waals surface area contributed by atoms with Crippen LogP contribution in [0.5, 0.6) is 11.5 Å². The number of rotatable bonds is 11. The molecule has 1 aliphatic heterocycles. The fourth-order valence-corrected chi connectivity index (χ4v) is 5.28. The van der Waals surface area contributed by atoms with Gasteiger partial charge in [-0.3, -0.25) is 4.79 Å². The smallest absolute Gasteiger partial charge is 0.489 e. The molecule has 1 amide bonds. The molecule has 0 spiro atoms. The molecule has 1 N–H and O–H groups in total. The summed E-state index contributed by atoms with van der Waals surface area (Å²) in [5.41, 5.74) is 0.921. The highest BCUT2D eigenvalue weighted by molar-refractivity contribution is 5.98. The lowest BCUT2D eigenvalue weighted by molar-refractivity contribution is 0.0394. The number of pyridine rings is 1. The van der Waals surface area contributed by atoms with E-state index in [1.165, 1.54) is 0 Å². The van der Waals surface area contributed by atoms with E-state index in [1.807, 2.05) is 50.8 Å². The molecule has 0 bridgehead atoms. The Hall–Kier alpha value is -3.07. The summed E-state index contributed by atoms with van der Waals surface area (Å²) in [6.07, 6.45) is 5.74. The van der Waals surface area contributed by atoms with Gasteiger partial charge in [-0.15, -0.1) is 0 Å². The Bertz CT molecular complexity index is 1110. The van der Waals surface area contributed by atoms with E-state index in [-0.39, 0.29) is 43.2 Å². The highest BCUT2D eigenvalue weighted by Crippen LogP contribution is 2.35. The summed E-state index contributed by atoms with van der Waals surface area (Å²) in [6.45, 7) is 10.2. The van der Waals surface area contributed by atoms with Crippen LogP contribution in [0.1, 0.15) is 76.7 Å². The first-order valence-corrected chi connectivity index (χ1v) is 14.4. The average Bonchev–Trinajstić information content (AvgIpc) is 3.43. The molecule has 1 saturated heterocycles. The second kappa shape index (κ2) is 13.8. The normalized spacial score (nSPS) is 17.9. The largest absolute Gasteiger partial charge is 0.508 e. The van der Waals surface area contributed by atoms with Crippen molar-refractivity contribution in [1.82, 2.24) is 15.2 Å². The number of aromatic nitrogens is 1. The van der Waals surface area contributed by atoms with Crippen molar-refractivity contribution in [2.24, 2.45) is 5.92 Å². The summed E-state index contributed by atoms with van der Waals surface area (Å²) >= 11 is 0. The van der Waals surface area contributed by atoms with Gasteiger partial charge in [-0.2, -0.15) is 0 Å². The Kier molecular flexibility index (Phi) is 10.3. The van der Waals surface area contributed by atoms with E-state index in [9.17, 15) is 9.59 Å². The fraction of sp³-hybridized carbons (Fsp3) is 0.633. The number of piperidine rings is 1. The number of hydrogen-bond donors (Lipinski definition) is 1. The lowest BCUT2D eigenvalue weighted by atomic mass is 10.0. The van der Waals surface area contributed by atoms with Crippen molar-refractivity contribution in [1.29, 1.82) is 0 Å². The Morgan fingerprint density at radius 2 is 1.82 bits per heavy atom. The van der Waals surface area contributed by atoms with Crippen LogP contribution in [-0.4, -0.2) is 73.0 Å². The van der Waals surface area contributed by atoms with Crippen LogP contribution < -0.4 is 14.8 Å². The van der Waals surface area contributed by atoms with Gasteiger partial charge in [0.2, 0.25) is 0 Å². The topological polar surface area (TPSA) is 99.2 Å². The molecule has 1 aromatic heterocycles. The van der Waals surface area contributed by atoms with Crippen LogP contribution in [-0.2, 0) is 9.47 Å². The molecule has 214 valence electrons. The van der Waals surface area contributed by atoms with Crippen molar-refractivity contribution in [3.8, 4) is 11.5 Å². The number of hydrogen-bond acceptors (Lipinski definition) is 8. The number of amides is 1. The zero-order valence-electron chi connectivity index (χ0n) is 23.7. The van der Waals surface area contributed by atoms with Gasteiger partial charge in [-0.05, 0) is 77.0 Å². The van der Waals surface area contributed by atoms with Gasteiger partial charge in [0.25, 0.3) is 5.91 Å². The third kappa shape index (κ3) is 7.75. The zero-order chi connectivity index (χ0) is 27.8. The standard InChI is InChI=1S/C30H43N3O6/c1-20(2)19-38-30(35)37-16-15-36-27-17-25(29(34)33(21(3)4)22-9-8-14-31-18-22)32-28-24(27)12-7-13-26(28)39-23-10-5-6-11-23/h7,12-13,17,20-23,31H,5-6,8-11,14-16,18-19H2,1-4H3/t22-/m1/s1. The van der Waals surface area contributed by atoms with Gasteiger partial charge < -0.3 is 29.2 Å². The molecule has 4 rings (SSSR count). The first-order valence-electron chi connectivity index (χ1n) is 14.4. The molecule has 1 saturated carbocycles. The lowest BCUT2D eigenvalue weighted by Crippen LogP contribution is -2.51. The van der Waals surface area contributed by atoms with Crippen molar-refractivity contribution in [3.63, 3.8) is 0 Å². The summed E-state index contributed by atoms with van der Waals surface area (Å²) < 4.78 is 22.7. The molecule has 2 aliphatic rings. The first kappa shape index (κ1) is 28.9. The van der Waals surface area contributed by atoms with Crippen molar-refractivity contribution < 1.29 is 28.5 Å². The number of carbonyl (C=O) groups is 2. The second-order valence-electron chi connectivity index (χ2n) is 11.1. The van der Waals surface area contributed by atoms with Gasteiger partial charge in [0.15, 0.2) is 0 Å². The number of para-hydroxylation sites is 1. The van der Waals surface area contributed by atoms with E-state index in [2.05, 4.69) is 5.32 Å². The van der Waals surface area contributed by atoms with Gasteiger partial charge in [0, 0.05) is 30.1 Å². The molecule has 1 aromatic carbocycles. The van der Waals surface area contributed by atoms with Gasteiger partial charge in [0.05, 0.1) is 12.7 Å². The summed E-state index contributed by atoms with van der Waals surface area (Å²) in [7, 11) is 0. The van der Waals surface area contributed by atoms with Crippen LogP contribution in [0.3, 0.4) is 0 Å². The van der Waals surface area contributed by atoms with E-state index in [0.29, 0.717) is 29.3 Å². The Balaban J connectivity index is 1.60. The predicted molar refractivity (Wildman–Crippen MR) is 149 cm³/mol. The maximum Gasteiger partial charge on any atom is 0.508 e. The third-order valence-corrected chi connectivity index (χ3v) is 7.13. The number of benzene rings is 1. The van der Waals surface area contributed by atoms with Crippen LogP contribution in [0, 0.1) is 5.92 Å². The number of nitrogens with one attached hydrogen (secondary N) is 1. The molecule has 0 unspecified atom stereocenters. The van der Waals surface area contributed by atoms with E-state index in [4.69, 9.17) is 23.9 Å². The van der Waals surface area contributed by atoms with Crippen LogP contribution in [0.2, 0.25) is 0 Å². The van der Waals surface area contributed by atoms with Gasteiger partial charge in [-0.25, -0.2) is 9.78 Å². The monoisotopic (exact) mass is 541 g/mol. The Morgan fingerprint density at radius 3 is 2.51 bits per heavy atom. The third-order valence-electron chi connectivity index (χ3n) is 7.13. The molecule has 0 radical (unpaired) electrons. The van der Waals surface area contributed by atoms with Crippen LogP contribution >= 0.6 is 0 Å². The quantitative estimate of drug-likeness (QED) is 0.300. The summed E-state index contributed by atoms with van der Waals surface area (Å²) in [5, 5.41) is 4.16. The number of carbonyl (C=O) groups excluding carboxylic acids is 2. The Morgan fingerprint density at radius 1 is 1.03 bits per heavy atom. The molecule has 1 aliphatic carbocycles. The molecule has 39 heavy (non-hydrogen) atoms. The summed E-state index contributed by atoms with van der Waals surface area (Å²) in [5.74, 6) is 1.26. The van der Waals surface area contributed by atoms with Gasteiger partial charge in [-0.1, -0.05) is 19.9 Å². The maximum atomic E-state index is 13.9. The Labute approximate surface area is 231 Å². The van der Waals surface area contributed by atoms with Gasteiger partial charge >= 0.3 is 6.16 Å². The molecular formula is C30H43N3O6. The van der Waals surface area contributed by atoms with Crippen LogP contribution in [0.15, 0.2) is 24.3 Å². The lowest BCUT2D eigenvalue weighted by Gasteiger charge is -2.37. The number of ether oxygens (including phenoxy) is 4. The highest BCUT2D eigenvalue weighted by atomic mass is 16.7. The molecule has 9 heteroatoms. The zero-order valence-corrected chi connectivity index (χ0v) is 23.7. The average molecular weight is 542 g/mol. The fourth-order valence-electron chi connectivity index (χ4n) is 5.28. The second-order valence-corrected chi connectivity index (χ2v) is 11.1. The minimum atomic E-state index is -0.719. The van der Waals surface area contributed by atoms with Crippen molar-refractivity contribution in [2.75, 3.05) is 32.9 Å². The maximum absolute atomic E-state index is 13.9. The number of fused-ring (bicyclic) bond motifs is 1. The minimum absolute atomic E-state index is 0.0134. The van der Waals surface area contributed by atoms with Crippen molar-refractivity contribution >= 4 is 23.0 Å². The van der Waals surface area contributed by atoms with E-state index >= 15 is 0 Å². The van der Waals surface area contributed by atoms with Crippen molar-refractivity contribution in [3.05, 3.63) is 30.0 Å². The SMILES string of the molecule is CC(C)COC(=O)OCCOc1cc(C(=O)N(C(C)C)[C@@H]2CCCNC2)nc2c(OC3CCCC3)cccc12. The molecule has 2 aromatic rings. The van der Waals surface area contributed by atoms with E-state index in [1.54, 1.807) is 6.07 Å². The molecule has 9 nitrogen and oxygen atoms in total. The van der Waals surface area contributed by atoms with Crippen molar-refractivity contribution in [2.45, 2.75) is 84.4 Å². The first-order chi connectivity index (χ1) is 18.8.